The van der Waals surface area contributed by atoms with Crippen LogP contribution in [-0.4, -0.2) is 59.9 Å². The zero-order valence-corrected chi connectivity index (χ0v) is 17.9. The second kappa shape index (κ2) is 7.33. The van der Waals surface area contributed by atoms with Gasteiger partial charge >= 0.3 is 0 Å². The van der Waals surface area contributed by atoms with Crippen LogP contribution in [-0.2, 0) is 15.4 Å². The van der Waals surface area contributed by atoms with Gasteiger partial charge in [0.05, 0.1) is 11.4 Å². The van der Waals surface area contributed by atoms with Crippen molar-refractivity contribution in [2.45, 2.75) is 44.9 Å². The molecule has 1 aromatic heterocycles. The standard InChI is InChI=1S/C20H28N4O3S/c1-14-18(15(2)22-21-14)28(26,27)24-12-10-23(11-13-24)19(25)16-6-8-17(9-7-16)20(3,4)5/h6-9H,10-13H2,1-5H3,(H,21,22). The highest BCUT2D eigenvalue weighted by molar-refractivity contribution is 7.89. The van der Waals surface area contributed by atoms with Crippen molar-refractivity contribution < 1.29 is 13.2 Å². The Morgan fingerprint density at radius 3 is 2.07 bits per heavy atom. The number of carbonyl (C=O) groups excluding carboxylic acids is 1. The fraction of sp³-hybridized carbons (Fsp3) is 0.500. The normalized spacial score (nSPS) is 16.4. The van der Waals surface area contributed by atoms with Crippen LogP contribution in [0.4, 0.5) is 0 Å². The zero-order valence-electron chi connectivity index (χ0n) is 17.1. The summed E-state index contributed by atoms with van der Waals surface area (Å²) in [6.45, 7) is 11.1. The number of rotatable bonds is 3. The highest BCUT2D eigenvalue weighted by Gasteiger charge is 2.33. The van der Waals surface area contributed by atoms with Crippen molar-refractivity contribution in [1.29, 1.82) is 0 Å². The molecule has 1 amide bonds. The van der Waals surface area contributed by atoms with Gasteiger partial charge in [-0.1, -0.05) is 32.9 Å². The number of hydrogen-bond acceptors (Lipinski definition) is 4. The number of hydrogen-bond donors (Lipinski definition) is 1. The summed E-state index contributed by atoms with van der Waals surface area (Å²) in [5.41, 5.74) is 2.84. The average Bonchev–Trinajstić information content (AvgIpc) is 2.99. The number of nitrogens with zero attached hydrogens (tertiary/aromatic N) is 3. The maximum Gasteiger partial charge on any atom is 0.253 e. The molecule has 3 rings (SSSR count). The zero-order chi connectivity index (χ0) is 20.7. The lowest BCUT2D eigenvalue weighted by molar-refractivity contribution is 0.0697. The van der Waals surface area contributed by atoms with E-state index in [1.54, 1.807) is 18.7 Å². The van der Waals surface area contributed by atoms with Crippen LogP contribution in [0.1, 0.15) is 48.1 Å². The molecule has 2 heterocycles. The summed E-state index contributed by atoms with van der Waals surface area (Å²) in [6, 6.07) is 7.67. The number of aromatic amines is 1. The molecule has 1 saturated heterocycles. The number of piperazine rings is 1. The quantitative estimate of drug-likeness (QED) is 0.851. The molecule has 1 aliphatic heterocycles. The summed E-state index contributed by atoms with van der Waals surface area (Å²) >= 11 is 0. The first-order valence-corrected chi connectivity index (χ1v) is 10.9. The van der Waals surface area contributed by atoms with Gasteiger partial charge in [-0.15, -0.1) is 0 Å². The molecule has 0 spiro atoms. The molecule has 1 N–H and O–H groups in total. The van der Waals surface area contributed by atoms with Crippen LogP contribution in [0.15, 0.2) is 29.2 Å². The number of H-pyrrole nitrogens is 1. The van der Waals surface area contributed by atoms with Crippen LogP contribution in [0.3, 0.4) is 0 Å². The average molecular weight is 405 g/mol. The van der Waals surface area contributed by atoms with E-state index in [1.165, 1.54) is 9.87 Å². The minimum absolute atomic E-state index is 0.0326. The largest absolute Gasteiger partial charge is 0.336 e. The fourth-order valence-electron chi connectivity index (χ4n) is 3.48. The Labute approximate surface area is 166 Å². The third-order valence-electron chi connectivity index (χ3n) is 5.18. The Kier molecular flexibility index (Phi) is 5.38. The van der Waals surface area contributed by atoms with Gasteiger partial charge in [0, 0.05) is 31.7 Å². The molecule has 0 atom stereocenters. The highest BCUT2D eigenvalue weighted by Crippen LogP contribution is 2.24. The minimum Gasteiger partial charge on any atom is -0.336 e. The topological polar surface area (TPSA) is 86.4 Å². The number of sulfonamides is 1. The summed E-state index contributed by atoms with van der Waals surface area (Å²) in [4.78, 5) is 14.8. The monoisotopic (exact) mass is 404 g/mol. The second-order valence-electron chi connectivity index (χ2n) is 8.29. The maximum atomic E-state index is 12.9. The third-order valence-corrected chi connectivity index (χ3v) is 7.34. The summed E-state index contributed by atoms with van der Waals surface area (Å²) < 4.78 is 27.3. The van der Waals surface area contributed by atoms with E-state index in [9.17, 15) is 13.2 Å². The smallest absolute Gasteiger partial charge is 0.253 e. The van der Waals surface area contributed by atoms with E-state index in [4.69, 9.17) is 0 Å². The predicted octanol–water partition coefficient (Wildman–Crippen LogP) is 2.47. The molecular formula is C20H28N4O3S. The third kappa shape index (κ3) is 3.84. The fourth-order valence-corrected chi connectivity index (χ4v) is 5.23. The highest BCUT2D eigenvalue weighted by atomic mass is 32.2. The van der Waals surface area contributed by atoms with Crippen LogP contribution in [0, 0.1) is 13.8 Å². The van der Waals surface area contributed by atoms with Gasteiger partial charge in [-0.25, -0.2) is 8.42 Å². The molecule has 7 nitrogen and oxygen atoms in total. The molecular weight excluding hydrogens is 376 g/mol. The van der Waals surface area contributed by atoms with Gasteiger partial charge in [0.2, 0.25) is 10.0 Å². The Bertz CT molecular complexity index is 944. The van der Waals surface area contributed by atoms with Gasteiger partial charge in [-0.3, -0.25) is 9.89 Å². The first kappa shape index (κ1) is 20.5. The van der Waals surface area contributed by atoms with Crippen molar-refractivity contribution in [3.05, 3.63) is 46.8 Å². The minimum atomic E-state index is -3.61. The number of carbonyl (C=O) groups is 1. The van der Waals surface area contributed by atoms with Gasteiger partial charge in [0.1, 0.15) is 4.90 Å². The molecule has 0 bridgehead atoms. The van der Waals surface area contributed by atoms with Crippen molar-refractivity contribution in [3.8, 4) is 0 Å². The SMILES string of the molecule is Cc1n[nH]c(C)c1S(=O)(=O)N1CCN(C(=O)c2ccc(C(C)(C)C)cc2)CC1. The van der Waals surface area contributed by atoms with Crippen molar-refractivity contribution in [1.82, 2.24) is 19.4 Å². The van der Waals surface area contributed by atoms with Gasteiger partial charge in [0.25, 0.3) is 5.91 Å². The lowest BCUT2D eigenvalue weighted by atomic mass is 9.86. The van der Waals surface area contributed by atoms with Crippen molar-refractivity contribution >= 4 is 15.9 Å². The molecule has 1 aromatic carbocycles. The number of amides is 1. The van der Waals surface area contributed by atoms with Gasteiger partial charge in [-0.2, -0.15) is 9.40 Å². The predicted molar refractivity (Wildman–Crippen MR) is 108 cm³/mol. The van der Waals surface area contributed by atoms with E-state index >= 15 is 0 Å². The second-order valence-corrected chi connectivity index (χ2v) is 10.2. The van der Waals surface area contributed by atoms with Gasteiger partial charge in [-0.05, 0) is 37.0 Å². The molecule has 1 fully saturated rings. The number of benzene rings is 1. The Morgan fingerprint density at radius 2 is 1.61 bits per heavy atom. The maximum absolute atomic E-state index is 12.9. The Hall–Kier alpha value is -2.19. The summed E-state index contributed by atoms with van der Waals surface area (Å²) in [5, 5.41) is 6.71. The lowest BCUT2D eigenvalue weighted by Gasteiger charge is -2.34. The molecule has 28 heavy (non-hydrogen) atoms. The lowest BCUT2D eigenvalue weighted by Crippen LogP contribution is -2.50. The van der Waals surface area contributed by atoms with Crippen LogP contribution in [0.2, 0.25) is 0 Å². The summed E-state index contributed by atoms with van der Waals surface area (Å²) in [7, 11) is -3.61. The number of nitrogens with one attached hydrogen (secondary N) is 1. The Morgan fingerprint density at radius 1 is 1.04 bits per heavy atom. The molecule has 0 saturated carbocycles. The van der Waals surface area contributed by atoms with Gasteiger partial charge < -0.3 is 4.90 Å². The van der Waals surface area contributed by atoms with E-state index in [2.05, 4.69) is 31.0 Å². The van der Waals surface area contributed by atoms with Crippen molar-refractivity contribution in [3.63, 3.8) is 0 Å². The van der Waals surface area contributed by atoms with E-state index in [0.29, 0.717) is 30.0 Å². The van der Waals surface area contributed by atoms with Crippen LogP contribution < -0.4 is 0 Å². The van der Waals surface area contributed by atoms with Crippen molar-refractivity contribution in [2.75, 3.05) is 26.2 Å². The number of aryl methyl sites for hydroxylation is 2. The van der Waals surface area contributed by atoms with Crippen LogP contribution >= 0.6 is 0 Å². The molecule has 8 heteroatoms. The summed E-state index contributed by atoms with van der Waals surface area (Å²) in [5.74, 6) is -0.0619. The van der Waals surface area contributed by atoms with Crippen LogP contribution in [0.5, 0.6) is 0 Å². The molecule has 152 valence electrons. The first-order valence-electron chi connectivity index (χ1n) is 9.43. The first-order chi connectivity index (χ1) is 13.0. The number of aromatic nitrogens is 2. The van der Waals surface area contributed by atoms with Crippen LogP contribution in [0.25, 0.3) is 0 Å². The van der Waals surface area contributed by atoms with E-state index < -0.39 is 10.0 Å². The molecule has 0 aliphatic carbocycles. The Balaban J connectivity index is 1.69. The molecule has 1 aliphatic rings. The molecule has 0 unspecified atom stereocenters. The molecule has 2 aromatic rings. The van der Waals surface area contributed by atoms with Gasteiger partial charge in [0.15, 0.2) is 0 Å². The van der Waals surface area contributed by atoms with E-state index in [-0.39, 0.29) is 29.3 Å². The molecule has 0 radical (unpaired) electrons. The summed E-state index contributed by atoms with van der Waals surface area (Å²) in [6.07, 6.45) is 0. The van der Waals surface area contributed by atoms with E-state index in [0.717, 1.165) is 0 Å². The van der Waals surface area contributed by atoms with E-state index in [1.807, 2.05) is 24.3 Å². The van der Waals surface area contributed by atoms with Crippen molar-refractivity contribution in [2.24, 2.45) is 0 Å².